The van der Waals surface area contributed by atoms with Crippen LogP contribution in [-0.4, -0.2) is 14.6 Å². The maximum atomic E-state index is 11.9. The summed E-state index contributed by atoms with van der Waals surface area (Å²) < 4.78 is 0.979. The zero-order chi connectivity index (χ0) is 17.1. The Kier molecular flexibility index (Phi) is 4.23. The van der Waals surface area contributed by atoms with Gasteiger partial charge >= 0.3 is 0 Å². The van der Waals surface area contributed by atoms with E-state index in [1.54, 1.807) is 6.92 Å². The second-order valence-corrected chi connectivity index (χ2v) is 4.65. The van der Waals surface area contributed by atoms with E-state index in [1.165, 1.54) is 31.3 Å². The minimum atomic E-state index is -0.525. The van der Waals surface area contributed by atoms with Crippen LogP contribution in [0.25, 0.3) is 0 Å². The molecule has 2 rings (SSSR count). The number of nitro groups is 1. The number of non-ortho nitro benzene ring substituents is 1. The van der Waals surface area contributed by atoms with Crippen LogP contribution < -0.4 is 5.56 Å². The summed E-state index contributed by atoms with van der Waals surface area (Å²) in [5, 5.41) is 28.4. The first-order chi connectivity index (χ1) is 10.9. The van der Waals surface area contributed by atoms with Gasteiger partial charge in [0, 0.05) is 24.7 Å². The van der Waals surface area contributed by atoms with Gasteiger partial charge in [0.05, 0.1) is 16.2 Å². The lowest BCUT2D eigenvalue weighted by molar-refractivity contribution is -0.384. The van der Waals surface area contributed by atoms with E-state index in [4.69, 9.17) is 6.42 Å². The van der Waals surface area contributed by atoms with Crippen molar-refractivity contribution >= 4 is 17.1 Å². The van der Waals surface area contributed by atoms with E-state index in [0.29, 0.717) is 11.3 Å². The van der Waals surface area contributed by atoms with Crippen molar-refractivity contribution in [3.63, 3.8) is 0 Å². The van der Waals surface area contributed by atoms with Crippen LogP contribution in [0.4, 0.5) is 17.1 Å². The molecule has 0 atom stereocenters. The number of hydrogen-bond acceptors (Lipinski definition) is 6. The number of benzene rings is 1. The van der Waals surface area contributed by atoms with Crippen molar-refractivity contribution in [1.29, 1.82) is 0 Å². The van der Waals surface area contributed by atoms with Crippen LogP contribution in [0.3, 0.4) is 0 Å². The number of nitro benzene ring substituents is 1. The van der Waals surface area contributed by atoms with Crippen molar-refractivity contribution in [2.24, 2.45) is 17.3 Å². The molecule has 8 nitrogen and oxygen atoms in total. The fourth-order valence-electron chi connectivity index (χ4n) is 1.91. The van der Waals surface area contributed by atoms with Crippen LogP contribution in [-0.2, 0) is 7.05 Å². The lowest BCUT2D eigenvalue weighted by Gasteiger charge is -2.09. The van der Waals surface area contributed by atoms with E-state index in [0.717, 1.165) is 4.57 Å². The van der Waals surface area contributed by atoms with Crippen LogP contribution >= 0.6 is 0 Å². The maximum absolute atomic E-state index is 11.9. The molecule has 0 aliphatic heterocycles. The van der Waals surface area contributed by atoms with Crippen LogP contribution in [0.2, 0.25) is 0 Å². The largest absolute Gasteiger partial charge is 0.493 e. The molecule has 0 bridgehead atoms. The second kappa shape index (κ2) is 6.11. The molecule has 1 heterocycles. The smallest absolute Gasteiger partial charge is 0.269 e. The molecular weight excluding hydrogens is 300 g/mol. The van der Waals surface area contributed by atoms with E-state index in [9.17, 15) is 20.0 Å². The molecule has 0 amide bonds. The van der Waals surface area contributed by atoms with Crippen molar-refractivity contribution in [2.75, 3.05) is 0 Å². The monoisotopic (exact) mass is 312 g/mol. The Morgan fingerprint density at radius 1 is 1.30 bits per heavy atom. The van der Waals surface area contributed by atoms with Gasteiger partial charge in [0.25, 0.3) is 11.2 Å². The molecule has 23 heavy (non-hydrogen) atoms. The SMILES string of the molecule is C#Cc1c(C)c(/N=N/c2ccc([N+](=O)[O-])cc2)c(O)n(C)c1=O. The summed E-state index contributed by atoms with van der Waals surface area (Å²) in [6, 6.07) is 5.40. The van der Waals surface area contributed by atoms with Gasteiger partial charge in [0.15, 0.2) is 5.69 Å². The normalized spacial score (nSPS) is 10.7. The molecule has 0 aliphatic carbocycles. The van der Waals surface area contributed by atoms with E-state index in [1.807, 2.05) is 0 Å². The van der Waals surface area contributed by atoms with Gasteiger partial charge in [-0.25, -0.2) is 0 Å². The Morgan fingerprint density at radius 2 is 1.91 bits per heavy atom. The number of rotatable bonds is 3. The van der Waals surface area contributed by atoms with Crippen molar-refractivity contribution < 1.29 is 10.0 Å². The minimum absolute atomic E-state index is 0.0680. The third-order valence-corrected chi connectivity index (χ3v) is 3.25. The van der Waals surface area contributed by atoms with Gasteiger partial charge in [-0.15, -0.1) is 11.5 Å². The molecule has 8 heteroatoms. The van der Waals surface area contributed by atoms with Gasteiger partial charge < -0.3 is 5.11 Å². The quantitative estimate of drug-likeness (QED) is 0.406. The standard InChI is InChI=1S/C15H12N4O4/c1-4-12-9(2)13(15(21)18(3)14(12)20)17-16-10-5-7-11(8-6-10)19(22)23/h1,5-8,21H,2-3H3/b17-16+. The predicted octanol–water partition coefficient (Wildman–Crippen LogP) is 2.70. The molecule has 2 aromatic rings. The highest BCUT2D eigenvalue weighted by Crippen LogP contribution is 2.31. The highest BCUT2D eigenvalue weighted by atomic mass is 16.6. The van der Waals surface area contributed by atoms with Gasteiger partial charge in [-0.2, -0.15) is 5.11 Å². The van der Waals surface area contributed by atoms with Gasteiger partial charge in [0.2, 0.25) is 5.88 Å². The van der Waals surface area contributed by atoms with Crippen LogP contribution in [0.15, 0.2) is 39.3 Å². The molecule has 0 aliphatic rings. The van der Waals surface area contributed by atoms with Crippen LogP contribution in [0, 0.1) is 29.4 Å². The zero-order valence-corrected chi connectivity index (χ0v) is 12.3. The molecule has 0 radical (unpaired) electrons. The summed E-state index contributed by atoms with van der Waals surface area (Å²) in [7, 11) is 1.36. The summed E-state index contributed by atoms with van der Waals surface area (Å²) in [5.41, 5.74) is 0.266. The van der Waals surface area contributed by atoms with E-state index in [-0.39, 0.29) is 22.8 Å². The molecule has 0 fully saturated rings. The lowest BCUT2D eigenvalue weighted by Crippen LogP contribution is -2.20. The molecule has 1 aromatic carbocycles. The number of pyridine rings is 1. The summed E-state index contributed by atoms with van der Waals surface area (Å²) in [6.45, 7) is 1.56. The van der Waals surface area contributed by atoms with Crippen molar-refractivity contribution in [1.82, 2.24) is 4.57 Å². The van der Waals surface area contributed by atoms with Gasteiger partial charge in [0.1, 0.15) is 0 Å². The molecule has 0 saturated heterocycles. The Bertz CT molecular complexity index is 905. The molecule has 1 N–H and O–H groups in total. The Morgan fingerprint density at radius 3 is 2.43 bits per heavy atom. The van der Waals surface area contributed by atoms with Crippen molar-refractivity contribution in [3.8, 4) is 18.2 Å². The van der Waals surface area contributed by atoms with Gasteiger partial charge in [-0.05, 0) is 19.1 Å². The fraction of sp³-hybridized carbons (Fsp3) is 0.133. The van der Waals surface area contributed by atoms with Gasteiger partial charge in [-0.3, -0.25) is 19.5 Å². The number of hydrogen-bond donors (Lipinski definition) is 1. The van der Waals surface area contributed by atoms with Crippen LogP contribution in [0.5, 0.6) is 5.88 Å². The summed E-state index contributed by atoms with van der Waals surface area (Å²) in [5.74, 6) is 1.91. The topological polar surface area (TPSA) is 110 Å². The number of azo groups is 1. The molecule has 0 saturated carbocycles. The summed E-state index contributed by atoms with van der Waals surface area (Å²) >= 11 is 0. The third kappa shape index (κ3) is 2.94. The number of nitrogens with zero attached hydrogens (tertiary/aromatic N) is 4. The lowest BCUT2D eigenvalue weighted by atomic mass is 10.1. The first kappa shape index (κ1) is 15.9. The van der Waals surface area contributed by atoms with Crippen molar-refractivity contribution in [2.45, 2.75) is 6.92 Å². The van der Waals surface area contributed by atoms with E-state index >= 15 is 0 Å². The molecule has 0 spiro atoms. The first-order valence-corrected chi connectivity index (χ1v) is 6.42. The molecule has 0 unspecified atom stereocenters. The van der Waals surface area contributed by atoms with Crippen molar-refractivity contribution in [3.05, 3.63) is 55.9 Å². The average molecular weight is 312 g/mol. The highest BCUT2D eigenvalue weighted by Gasteiger charge is 2.15. The Balaban J connectivity index is 2.48. The van der Waals surface area contributed by atoms with E-state index < -0.39 is 10.5 Å². The number of terminal acetylenes is 1. The molecular formula is C15H12N4O4. The zero-order valence-electron chi connectivity index (χ0n) is 12.3. The van der Waals surface area contributed by atoms with Gasteiger partial charge in [-0.1, -0.05) is 5.92 Å². The number of aromatic nitrogens is 1. The van der Waals surface area contributed by atoms with Crippen LogP contribution in [0.1, 0.15) is 11.1 Å². The second-order valence-electron chi connectivity index (χ2n) is 4.65. The highest BCUT2D eigenvalue weighted by molar-refractivity contribution is 5.59. The molecule has 1 aromatic heterocycles. The minimum Gasteiger partial charge on any atom is -0.493 e. The number of aromatic hydroxyl groups is 1. The fourth-order valence-corrected chi connectivity index (χ4v) is 1.91. The predicted molar refractivity (Wildman–Crippen MR) is 83.3 cm³/mol. The Labute approximate surface area is 130 Å². The maximum Gasteiger partial charge on any atom is 0.269 e. The molecule has 116 valence electrons. The average Bonchev–Trinajstić information content (AvgIpc) is 2.54. The first-order valence-electron chi connectivity index (χ1n) is 6.42. The third-order valence-electron chi connectivity index (χ3n) is 3.25. The summed E-state index contributed by atoms with van der Waals surface area (Å²) in [6.07, 6.45) is 5.31. The van der Waals surface area contributed by atoms with E-state index in [2.05, 4.69) is 16.1 Å². The summed E-state index contributed by atoms with van der Waals surface area (Å²) in [4.78, 5) is 22.0. The Hall–Kier alpha value is -3.47.